The monoisotopic (exact) mass is 426 g/mol. The molecule has 0 amide bonds. The highest BCUT2D eigenvalue weighted by atomic mass is 35.5. The van der Waals surface area contributed by atoms with E-state index in [2.05, 4.69) is 26.8 Å². The summed E-state index contributed by atoms with van der Waals surface area (Å²) in [7, 11) is 0. The molecule has 0 aromatic heterocycles. The molecular weight excluding hydrogens is 400 g/mol. The van der Waals surface area contributed by atoms with Crippen LogP contribution in [0.3, 0.4) is 0 Å². The van der Waals surface area contributed by atoms with Crippen LogP contribution in [0, 0.1) is 10.8 Å². The fourth-order valence-corrected chi connectivity index (χ4v) is 2.93. The summed E-state index contributed by atoms with van der Waals surface area (Å²) in [6.07, 6.45) is 8.17. The number of aliphatic imine (C=N–C) groups is 2. The van der Waals surface area contributed by atoms with Crippen LogP contribution in [-0.4, -0.2) is 54.7 Å². The highest BCUT2D eigenvalue weighted by Gasteiger charge is 2.24. The summed E-state index contributed by atoms with van der Waals surface area (Å²) in [5.41, 5.74) is 1.65. The standard InChI is InChI=1S/C22H27ClN6O/c1-4-9-29-14-19(15-29)28-16(3)11-26-13-21(24)17(5-2)12-27-22(25)30-20-8-6-7-18(23)10-20/h4-8,10-13,19,24-25,28H,1,9,14-15H2,2-3H3/b16-11+,17-5+,24-21?,25-22?,26-13-,27-12-. The molecule has 8 heteroatoms. The van der Waals surface area contributed by atoms with Crippen molar-refractivity contribution in [2.75, 3.05) is 19.6 Å². The van der Waals surface area contributed by atoms with Crippen LogP contribution < -0.4 is 10.1 Å². The Balaban J connectivity index is 1.82. The van der Waals surface area contributed by atoms with E-state index in [9.17, 15) is 0 Å². The molecule has 3 N–H and O–H groups in total. The van der Waals surface area contributed by atoms with E-state index in [0.717, 1.165) is 25.3 Å². The molecule has 0 unspecified atom stereocenters. The predicted molar refractivity (Wildman–Crippen MR) is 126 cm³/mol. The molecule has 0 bridgehead atoms. The van der Waals surface area contributed by atoms with Crippen molar-refractivity contribution >= 4 is 35.8 Å². The number of likely N-dealkylation sites (tertiary alicyclic amines) is 1. The van der Waals surface area contributed by atoms with Crippen molar-refractivity contribution in [3.63, 3.8) is 0 Å². The lowest BCUT2D eigenvalue weighted by atomic mass is 10.1. The number of benzene rings is 1. The third-order valence-electron chi connectivity index (χ3n) is 4.20. The van der Waals surface area contributed by atoms with Gasteiger partial charge in [-0.15, -0.1) is 6.58 Å². The summed E-state index contributed by atoms with van der Waals surface area (Å²) in [6.45, 7) is 10.4. The predicted octanol–water partition coefficient (Wildman–Crippen LogP) is 4.08. The summed E-state index contributed by atoms with van der Waals surface area (Å²) < 4.78 is 5.30. The number of hydrogen-bond acceptors (Lipinski definition) is 6. The third-order valence-corrected chi connectivity index (χ3v) is 4.44. The molecule has 1 heterocycles. The van der Waals surface area contributed by atoms with E-state index in [4.69, 9.17) is 27.2 Å². The smallest absolute Gasteiger partial charge is 0.314 e. The molecular formula is C22H27ClN6O. The number of halogens is 1. The Morgan fingerprint density at radius 3 is 2.80 bits per heavy atom. The first-order valence-corrected chi connectivity index (χ1v) is 9.90. The molecule has 1 aromatic rings. The van der Waals surface area contributed by atoms with Crippen LogP contribution in [0.15, 0.2) is 70.5 Å². The maximum atomic E-state index is 8.14. The highest BCUT2D eigenvalue weighted by molar-refractivity contribution is 6.42. The topological polar surface area (TPSA) is 96.9 Å². The summed E-state index contributed by atoms with van der Waals surface area (Å²) in [4.78, 5) is 10.4. The highest BCUT2D eigenvalue weighted by Crippen LogP contribution is 2.17. The van der Waals surface area contributed by atoms with Gasteiger partial charge < -0.3 is 10.1 Å². The molecule has 1 fully saturated rings. The first kappa shape index (κ1) is 23.3. The molecule has 0 radical (unpaired) electrons. The Hall–Kier alpha value is -3.03. The number of amidine groups is 1. The molecule has 158 valence electrons. The van der Waals surface area contributed by atoms with Gasteiger partial charge >= 0.3 is 6.02 Å². The zero-order chi connectivity index (χ0) is 21.9. The molecule has 1 aliphatic rings. The maximum absolute atomic E-state index is 8.14. The first-order valence-electron chi connectivity index (χ1n) is 9.52. The van der Waals surface area contributed by atoms with Crippen LogP contribution >= 0.6 is 11.6 Å². The number of rotatable bonds is 9. The van der Waals surface area contributed by atoms with Gasteiger partial charge in [-0.25, -0.2) is 10.4 Å². The van der Waals surface area contributed by atoms with Gasteiger partial charge in [0.2, 0.25) is 0 Å². The maximum Gasteiger partial charge on any atom is 0.314 e. The second kappa shape index (κ2) is 11.8. The van der Waals surface area contributed by atoms with Gasteiger partial charge in [0.25, 0.3) is 0 Å². The molecule has 2 rings (SSSR count). The zero-order valence-electron chi connectivity index (χ0n) is 17.2. The average molecular weight is 427 g/mol. The molecule has 0 atom stereocenters. The number of nitrogens with zero attached hydrogens (tertiary/aromatic N) is 3. The Morgan fingerprint density at radius 2 is 2.13 bits per heavy atom. The average Bonchev–Trinajstić information content (AvgIpc) is 2.67. The quantitative estimate of drug-likeness (QED) is 0.315. The van der Waals surface area contributed by atoms with Gasteiger partial charge in [0.15, 0.2) is 0 Å². The Bertz CT molecular complexity index is 897. The minimum Gasteiger partial charge on any atom is -0.425 e. The minimum absolute atomic E-state index is 0.182. The van der Waals surface area contributed by atoms with Gasteiger partial charge in [-0.3, -0.25) is 15.3 Å². The molecule has 0 spiro atoms. The van der Waals surface area contributed by atoms with Gasteiger partial charge in [0, 0.05) is 48.3 Å². The van der Waals surface area contributed by atoms with Gasteiger partial charge in [-0.05, 0) is 32.0 Å². The lowest BCUT2D eigenvalue weighted by Crippen LogP contribution is -2.57. The van der Waals surface area contributed by atoms with Crippen molar-refractivity contribution in [3.8, 4) is 5.75 Å². The van der Waals surface area contributed by atoms with Crippen LogP contribution in [0.1, 0.15) is 13.8 Å². The van der Waals surface area contributed by atoms with E-state index in [0.29, 0.717) is 22.4 Å². The van der Waals surface area contributed by atoms with E-state index < -0.39 is 0 Å². The van der Waals surface area contributed by atoms with Gasteiger partial charge in [0.05, 0.1) is 18.0 Å². The summed E-state index contributed by atoms with van der Waals surface area (Å²) in [5.74, 6) is 0.426. The van der Waals surface area contributed by atoms with E-state index in [-0.39, 0.29) is 11.7 Å². The molecule has 1 aliphatic heterocycles. The second-order valence-corrected chi connectivity index (χ2v) is 7.16. The van der Waals surface area contributed by atoms with Crippen LogP contribution in [0.5, 0.6) is 5.75 Å². The fourth-order valence-electron chi connectivity index (χ4n) is 2.75. The van der Waals surface area contributed by atoms with Crippen molar-refractivity contribution in [1.82, 2.24) is 10.2 Å². The molecule has 7 nitrogen and oxygen atoms in total. The van der Waals surface area contributed by atoms with Gasteiger partial charge in [-0.1, -0.05) is 29.8 Å². The molecule has 1 saturated heterocycles. The Morgan fingerprint density at radius 1 is 1.37 bits per heavy atom. The summed E-state index contributed by atoms with van der Waals surface area (Å²) in [5, 5.41) is 19.9. The lowest BCUT2D eigenvalue weighted by Gasteiger charge is -2.39. The minimum atomic E-state index is -0.299. The number of hydrogen-bond donors (Lipinski definition) is 3. The molecule has 30 heavy (non-hydrogen) atoms. The number of nitrogens with one attached hydrogen (secondary N) is 3. The van der Waals surface area contributed by atoms with E-state index in [1.54, 1.807) is 43.5 Å². The van der Waals surface area contributed by atoms with Crippen molar-refractivity contribution in [3.05, 3.63) is 65.5 Å². The normalized spacial score (nSPS) is 16.0. The molecule has 0 saturated carbocycles. The van der Waals surface area contributed by atoms with Crippen molar-refractivity contribution in [2.24, 2.45) is 9.98 Å². The van der Waals surface area contributed by atoms with Crippen LogP contribution in [0.4, 0.5) is 0 Å². The van der Waals surface area contributed by atoms with E-state index in [1.807, 2.05) is 13.0 Å². The SMILES string of the molecule is C=CCN1CC(N/C(C)=C/N=C\C(=N)C(/C=N\C(=N)Oc2cccc(Cl)c2)=C/C)C1. The molecule has 0 aliphatic carbocycles. The third kappa shape index (κ3) is 7.77. The van der Waals surface area contributed by atoms with E-state index >= 15 is 0 Å². The molecule has 1 aromatic carbocycles. The Labute approximate surface area is 182 Å². The second-order valence-electron chi connectivity index (χ2n) is 6.72. The zero-order valence-corrected chi connectivity index (χ0v) is 18.0. The van der Waals surface area contributed by atoms with Gasteiger partial charge in [0.1, 0.15) is 5.75 Å². The fraction of sp³-hybridized carbons (Fsp3) is 0.273. The van der Waals surface area contributed by atoms with Crippen LogP contribution in [0.2, 0.25) is 5.02 Å². The van der Waals surface area contributed by atoms with E-state index in [1.165, 1.54) is 12.4 Å². The summed E-state index contributed by atoms with van der Waals surface area (Å²) >= 11 is 5.89. The number of allylic oxidation sites excluding steroid dienone is 3. The first-order chi connectivity index (χ1) is 14.4. The van der Waals surface area contributed by atoms with Crippen LogP contribution in [-0.2, 0) is 0 Å². The van der Waals surface area contributed by atoms with Gasteiger partial charge in [-0.2, -0.15) is 0 Å². The van der Waals surface area contributed by atoms with Crippen molar-refractivity contribution < 1.29 is 4.74 Å². The lowest BCUT2D eigenvalue weighted by molar-refractivity contribution is 0.150. The summed E-state index contributed by atoms with van der Waals surface area (Å²) in [6, 6.07) is 6.84. The van der Waals surface area contributed by atoms with Crippen molar-refractivity contribution in [1.29, 1.82) is 10.8 Å². The Kier molecular flexibility index (Phi) is 9.18. The van der Waals surface area contributed by atoms with Crippen LogP contribution in [0.25, 0.3) is 0 Å². The number of ether oxygens (including phenoxy) is 1. The largest absolute Gasteiger partial charge is 0.425 e. The van der Waals surface area contributed by atoms with Crippen molar-refractivity contribution in [2.45, 2.75) is 19.9 Å².